The molecular weight excluding hydrogens is 318 g/mol. The summed E-state index contributed by atoms with van der Waals surface area (Å²) in [4.78, 5) is 16.3. The first kappa shape index (κ1) is 15.8. The Bertz CT molecular complexity index is 901. The summed E-state index contributed by atoms with van der Waals surface area (Å²) < 4.78 is 0. The van der Waals surface area contributed by atoms with Crippen LogP contribution in [-0.2, 0) is 4.79 Å². The van der Waals surface area contributed by atoms with E-state index in [0.717, 1.165) is 22.2 Å². The molecule has 1 amide bonds. The Labute approximate surface area is 145 Å². The second kappa shape index (κ2) is 7.48. The minimum Gasteiger partial charge on any atom is -0.331 e. The van der Waals surface area contributed by atoms with Crippen molar-refractivity contribution in [2.45, 2.75) is 0 Å². The van der Waals surface area contributed by atoms with Crippen molar-refractivity contribution in [3.8, 4) is 0 Å². The van der Waals surface area contributed by atoms with Gasteiger partial charge in [0.2, 0.25) is 5.91 Å². The molecule has 0 radical (unpaired) electrons. The quantitative estimate of drug-likeness (QED) is 0.566. The molecule has 0 saturated carbocycles. The summed E-state index contributed by atoms with van der Waals surface area (Å²) in [5, 5.41) is 6.88. The van der Waals surface area contributed by atoms with Gasteiger partial charge in [0.1, 0.15) is 0 Å². The lowest BCUT2D eigenvalue weighted by atomic mass is 10.2. The van der Waals surface area contributed by atoms with Gasteiger partial charge in [-0.3, -0.25) is 15.1 Å². The maximum absolute atomic E-state index is 11.9. The van der Waals surface area contributed by atoms with Gasteiger partial charge in [0.25, 0.3) is 0 Å². The zero-order valence-electron chi connectivity index (χ0n) is 12.8. The van der Waals surface area contributed by atoms with E-state index in [9.17, 15) is 4.79 Å². The average Bonchev–Trinajstić information content (AvgIpc) is 2.61. The summed E-state index contributed by atoms with van der Waals surface area (Å²) in [6, 6.07) is 19.2. The molecule has 118 valence electrons. The number of pyridine rings is 1. The van der Waals surface area contributed by atoms with Crippen LogP contribution in [0.5, 0.6) is 0 Å². The van der Waals surface area contributed by atoms with Gasteiger partial charge in [-0.2, -0.15) is 0 Å². The van der Waals surface area contributed by atoms with E-state index >= 15 is 0 Å². The van der Waals surface area contributed by atoms with Crippen LogP contribution in [0, 0.1) is 0 Å². The average molecular weight is 333 g/mol. The molecule has 24 heavy (non-hydrogen) atoms. The fourth-order valence-corrected chi connectivity index (χ4v) is 2.46. The third-order valence-corrected chi connectivity index (χ3v) is 3.55. The molecule has 0 unspecified atom stereocenters. The van der Waals surface area contributed by atoms with Crippen LogP contribution >= 0.6 is 12.2 Å². The van der Waals surface area contributed by atoms with Gasteiger partial charge >= 0.3 is 0 Å². The Morgan fingerprint density at radius 1 is 1.00 bits per heavy atom. The van der Waals surface area contributed by atoms with E-state index in [1.807, 2.05) is 60.7 Å². The highest BCUT2D eigenvalue weighted by molar-refractivity contribution is 7.80. The van der Waals surface area contributed by atoms with Gasteiger partial charge < -0.3 is 5.32 Å². The zero-order valence-corrected chi connectivity index (χ0v) is 13.6. The van der Waals surface area contributed by atoms with Crippen LogP contribution in [-0.4, -0.2) is 16.0 Å². The summed E-state index contributed by atoms with van der Waals surface area (Å²) in [5.41, 5.74) is 2.51. The highest BCUT2D eigenvalue weighted by Crippen LogP contribution is 2.20. The molecular formula is C19H15N3OS. The number of aromatic nitrogens is 1. The Morgan fingerprint density at radius 2 is 1.79 bits per heavy atom. The Balaban J connectivity index is 1.65. The van der Waals surface area contributed by atoms with Crippen molar-refractivity contribution in [2.75, 3.05) is 5.32 Å². The van der Waals surface area contributed by atoms with Crippen LogP contribution in [0.2, 0.25) is 0 Å². The zero-order chi connectivity index (χ0) is 16.8. The van der Waals surface area contributed by atoms with Crippen LogP contribution in [0.4, 0.5) is 5.69 Å². The van der Waals surface area contributed by atoms with Crippen molar-refractivity contribution in [1.82, 2.24) is 10.3 Å². The van der Waals surface area contributed by atoms with E-state index in [1.54, 1.807) is 12.3 Å². The maximum atomic E-state index is 11.9. The number of nitrogens with one attached hydrogen (secondary N) is 2. The fraction of sp³-hybridized carbons (Fsp3) is 0. The van der Waals surface area contributed by atoms with Gasteiger partial charge in [0, 0.05) is 17.7 Å². The number of anilines is 1. The van der Waals surface area contributed by atoms with E-state index < -0.39 is 0 Å². The number of rotatable bonds is 3. The van der Waals surface area contributed by atoms with Crippen molar-refractivity contribution in [1.29, 1.82) is 0 Å². The Hall–Kier alpha value is -3.05. The smallest absolute Gasteiger partial charge is 0.250 e. The summed E-state index contributed by atoms with van der Waals surface area (Å²) in [6.07, 6.45) is 4.90. The van der Waals surface area contributed by atoms with Gasteiger partial charge in [0.15, 0.2) is 5.11 Å². The summed E-state index contributed by atoms with van der Waals surface area (Å²) in [5.74, 6) is -0.287. The number of fused-ring (bicyclic) bond motifs is 1. The molecule has 4 nitrogen and oxygen atoms in total. The second-order valence-corrected chi connectivity index (χ2v) is 5.48. The van der Waals surface area contributed by atoms with Crippen LogP contribution in [0.15, 0.2) is 72.9 Å². The fourth-order valence-electron chi connectivity index (χ4n) is 2.25. The lowest BCUT2D eigenvalue weighted by Crippen LogP contribution is -2.32. The van der Waals surface area contributed by atoms with Crippen molar-refractivity contribution in [2.24, 2.45) is 0 Å². The lowest BCUT2D eigenvalue weighted by Gasteiger charge is -2.10. The molecule has 3 rings (SSSR count). The number of carbonyl (C=O) groups is 1. The Kier molecular flexibility index (Phi) is 4.93. The number of amides is 1. The number of benzene rings is 2. The highest BCUT2D eigenvalue weighted by Gasteiger charge is 2.05. The van der Waals surface area contributed by atoms with Crippen molar-refractivity contribution < 1.29 is 4.79 Å². The van der Waals surface area contributed by atoms with E-state index in [4.69, 9.17) is 12.2 Å². The molecule has 0 fully saturated rings. The molecule has 0 spiro atoms. The normalized spacial score (nSPS) is 10.7. The first-order chi connectivity index (χ1) is 11.7. The third kappa shape index (κ3) is 4.02. The van der Waals surface area contributed by atoms with Gasteiger partial charge in [-0.05, 0) is 36.0 Å². The standard InChI is InChI=1S/C19H15N3OS/c23-17(12-11-14-6-2-1-3-7-14)22-19(24)21-16-10-4-8-15-9-5-13-20-18(15)16/h1-13H,(H2,21,22,23,24). The number of thiocarbonyl (C=S) groups is 1. The molecule has 0 aliphatic carbocycles. The number of nitrogens with zero attached hydrogens (tertiary/aromatic N) is 1. The van der Waals surface area contributed by atoms with E-state index in [2.05, 4.69) is 15.6 Å². The second-order valence-electron chi connectivity index (χ2n) is 5.07. The van der Waals surface area contributed by atoms with Gasteiger partial charge in [0.05, 0.1) is 11.2 Å². The predicted molar refractivity (Wildman–Crippen MR) is 102 cm³/mol. The monoisotopic (exact) mass is 333 g/mol. The molecule has 2 N–H and O–H groups in total. The van der Waals surface area contributed by atoms with Gasteiger partial charge in [-0.1, -0.05) is 48.5 Å². The Morgan fingerprint density at radius 3 is 2.62 bits per heavy atom. The number of para-hydroxylation sites is 1. The topological polar surface area (TPSA) is 54.0 Å². The molecule has 5 heteroatoms. The minimum absolute atomic E-state index is 0.232. The van der Waals surface area contributed by atoms with Crippen LogP contribution in [0.1, 0.15) is 5.56 Å². The molecule has 1 heterocycles. The first-order valence-corrected chi connectivity index (χ1v) is 7.82. The SMILES string of the molecule is O=C(C=Cc1ccccc1)NC(=S)Nc1cccc2cccnc12. The van der Waals surface area contributed by atoms with Crippen LogP contribution in [0.3, 0.4) is 0 Å². The molecule has 0 aliphatic rings. The predicted octanol–water partition coefficient (Wildman–Crippen LogP) is 3.76. The summed E-state index contributed by atoms with van der Waals surface area (Å²) in [7, 11) is 0. The van der Waals surface area contributed by atoms with Crippen LogP contribution < -0.4 is 10.6 Å². The van der Waals surface area contributed by atoms with Crippen LogP contribution in [0.25, 0.3) is 17.0 Å². The maximum Gasteiger partial charge on any atom is 0.250 e. The minimum atomic E-state index is -0.287. The molecule has 0 bridgehead atoms. The van der Waals surface area contributed by atoms with Gasteiger partial charge in [-0.15, -0.1) is 0 Å². The highest BCUT2D eigenvalue weighted by atomic mass is 32.1. The number of hydrogen-bond donors (Lipinski definition) is 2. The summed E-state index contributed by atoms with van der Waals surface area (Å²) in [6.45, 7) is 0. The first-order valence-electron chi connectivity index (χ1n) is 7.41. The summed E-state index contributed by atoms with van der Waals surface area (Å²) >= 11 is 5.20. The molecule has 2 aromatic carbocycles. The molecule has 3 aromatic rings. The van der Waals surface area contributed by atoms with E-state index in [-0.39, 0.29) is 11.0 Å². The molecule has 0 atom stereocenters. The van der Waals surface area contributed by atoms with Crippen molar-refractivity contribution in [3.05, 3.63) is 78.5 Å². The molecule has 0 saturated heterocycles. The number of hydrogen-bond acceptors (Lipinski definition) is 3. The van der Waals surface area contributed by atoms with Crippen molar-refractivity contribution in [3.63, 3.8) is 0 Å². The molecule has 1 aromatic heterocycles. The molecule has 0 aliphatic heterocycles. The van der Waals surface area contributed by atoms with E-state index in [0.29, 0.717) is 0 Å². The van der Waals surface area contributed by atoms with Gasteiger partial charge in [-0.25, -0.2) is 0 Å². The number of carbonyl (C=O) groups excluding carboxylic acids is 1. The lowest BCUT2D eigenvalue weighted by molar-refractivity contribution is -0.115. The largest absolute Gasteiger partial charge is 0.331 e. The van der Waals surface area contributed by atoms with Crippen molar-refractivity contribution >= 4 is 45.9 Å². The third-order valence-electron chi connectivity index (χ3n) is 3.34. The van der Waals surface area contributed by atoms with E-state index in [1.165, 1.54) is 6.08 Å².